The van der Waals surface area contributed by atoms with E-state index in [0.29, 0.717) is 0 Å². The van der Waals surface area contributed by atoms with Crippen molar-refractivity contribution >= 4 is 434 Å². The van der Waals surface area contributed by atoms with E-state index in [0.717, 1.165) is 239 Å². The third-order valence-corrected chi connectivity index (χ3v) is 70.4. The van der Waals surface area contributed by atoms with Crippen LogP contribution in [0, 0.1) is 107 Å². The van der Waals surface area contributed by atoms with E-state index in [2.05, 4.69) is 434 Å². The minimum atomic E-state index is 0.951. The predicted molar refractivity (Wildman–Crippen MR) is 757 cm³/mol. The van der Waals surface area contributed by atoms with Gasteiger partial charge in [-0.3, -0.25) is 0 Å². The monoisotopic (exact) mass is 2600 g/mol. The minimum Gasteiger partial charge on any atom is -0.179 e. The summed E-state index contributed by atoms with van der Waals surface area (Å²) in [5.41, 5.74) is 0. The zero-order valence-electron chi connectivity index (χ0n) is 85.5. The molecule has 15 saturated carbocycles. The van der Waals surface area contributed by atoms with E-state index >= 15 is 0 Å². The zero-order valence-corrected chi connectivity index (χ0v) is 116. The van der Waals surface area contributed by atoms with Crippen LogP contribution in [0.15, 0.2) is 0 Å². The lowest BCUT2D eigenvalue weighted by atomic mass is 9.81. The van der Waals surface area contributed by atoms with E-state index in [4.69, 9.17) is 0 Å². The summed E-state index contributed by atoms with van der Waals surface area (Å²) in [6.45, 7) is 0. The van der Waals surface area contributed by atoms with Crippen LogP contribution in [-0.4, -0.2) is 339 Å². The van der Waals surface area contributed by atoms with Gasteiger partial charge in [-0.15, -0.1) is 0 Å². The molecule has 0 radical (unpaired) electrons. The molecule has 0 heterocycles. The van der Waals surface area contributed by atoms with Crippen molar-refractivity contribution in [2.45, 2.75) is 236 Å². The Morgan fingerprint density at radius 3 is 0.809 bits per heavy atom. The van der Waals surface area contributed by atoms with Gasteiger partial charge in [0.2, 0.25) is 0 Å². The highest BCUT2D eigenvalue weighted by Gasteiger charge is 2.60. The highest BCUT2D eigenvalue weighted by atomic mass is 32.2. The molecule has 0 nitrogen and oxygen atoms in total. The second-order valence-electron chi connectivity index (χ2n) is 40.9. The summed E-state index contributed by atoms with van der Waals surface area (Å²) >= 11 is 104. The lowest BCUT2D eigenvalue weighted by molar-refractivity contribution is 0.266. The Kier molecular flexibility index (Phi) is 82.8. The number of hydrogen-bond acceptors (Lipinski definition) is 36. The summed E-state index contributed by atoms with van der Waals surface area (Å²) in [5, 5.41) is 11.8. The summed E-state index contributed by atoms with van der Waals surface area (Å²) in [5.74, 6) is 78.4. The normalized spacial score (nSPS) is 34.0. The van der Waals surface area contributed by atoms with Gasteiger partial charge in [-0.2, -0.15) is 434 Å². The molecule has 0 amide bonds. The standard InChI is InChI=1S/3C18H32S6.3C17H32S6/c19-1-3-21-5-7-23-14-11-15-13-9-17(16(15)12-14)18(10-13)24-8-6-22-4-2-20;19-3-5-21-7-9-23-16-2-1-14-15-11-13(18(14)16)12-17(15)24-10-8-22-6-4-20;19-3-5-21-7-9-23-16-2-1-14-13-11-15(18(14)16)17(12-13)24-10-8-22-6-4-20;18-5-7-20-9-11-22-15-2-3-16-14(13-15)1-4-17(16)23-12-10-21-8-6-19;18-5-7-20-9-11-22-15-3-1-14-2-4-17(16(14)13-15)23-12-10-21-8-6-19;18-3-5-20-7-9-22-16-2-1-14-11-17(13-15(14)12-16)23-10-8-21-6-4-19/h3*13-20H,1-12H2;3*14-19H,1-13H2. The van der Waals surface area contributed by atoms with Crippen molar-refractivity contribution in [1.82, 2.24) is 0 Å². The van der Waals surface area contributed by atoms with E-state index in [1.807, 2.05) is 0 Å². The van der Waals surface area contributed by atoms with Gasteiger partial charge in [0.25, 0.3) is 0 Å². The van der Waals surface area contributed by atoms with Crippen molar-refractivity contribution in [3.8, 4) is 0 Å². The molecule has 15 fully saturated rings. The van der Waals surface area contributed by atoms with Crippen LogP contribution in [0.2, 0.25) is 0 Å². The molecule has 0 aromatic carbocycles. The average Bonchev–Trinajstić information content (AvgIpc) is 1.60. The van der Waals surface area contributed by atoms with Crippen LogP contribution in [0.4, 0.5) is 0 Å². The first-order valence-corrected chi connectivity index (χ1v) is 89.2. The Morgan fingerprint density at radius 2 is 0.376 bits per heavy atom. The fraction of sp³-hybridized carbons (Fsp3) is 1.00. The summed E-state index contributed by atoms with van der Waals surface area (Å²) < 4.78 is 0. The third-order valence-electron chi connectivity index (χ3n) is 32.6. The molecule has 15 rings (SSSR count). The molecule has 36 heteroatoms. The molecule has 0 aromatic heterocycles. The van der Waals surface area contributed by atoms with E-state index in [9.17, 15) is 0 Å². The van der Waals surface area contributed by atoms with Crippen molar-refractivity contribution < 1.29 is 0 Å². The molecule has 828 valence electrons. The van der Waals surface area contributed by atoms with E-state index in [-0.39, 0.29) is 0 Å². The van der Waals surface area contributed by atoms with Crippen molar-refractivity contribution in [3.63, 3.8) is 0 Å². The molecular weight excluding hydrogens is 2420 g/mol. The van der Waals surface area contributed by atoms with Crippen LogP contribution in [0.5, 0.6) is 0 Å². The average molecular weight is 2610 g/mol. The van der Waals surface area contributed by atoms with E-state index in [1.165, 1.54) is 316 Å². The third kappa shape index (κ3) is 51.4. The van der Waals surface area contributed by atoms with Gasteiger partial charge in [0, 0.05) is 270 Å². The van der Waals surface area contributed by atoms with Gasteiger partial charge in [-0.25, -0.2) is 0 Å². The number of thioether (sulfide) groups is 24. The fourth-order valence-corrected chi connectivity index (χ4v) is 59.9. The summed E-state index contributed by atoms with van der Waals surface area (Å²) in [7, 11) is 0. The summed E-state index contributed by atoms with van der Waals surface area (Å²) in [4.78, 5) is 0. The molecule has 30 atom stereocenters. The number of thiol groups is 12. The maximum absolute atomic E-state index is 4.31. The van der Waals surface area contributed by atoms with Crippen molar-refractivity contribution in [2.75, 3.05) is 276 Å². The molecule has 0 aromatic rings. The molecule has 0 N–H and O–H groups in total. The van der Waals surface area contributed by atoms with Crippen LogP contribution < -0.4 is 0 Å². The second-order valence-corrected chi connectivity index (χ2v) is 77.5. The Morgan fingerprint density at radius 1 is 0.121 bits per heavy atom. The van der Waals surface area contributed by atoms with Crippen LogP contribution in [-0.2, 0) is 0 Å². The Balaban J connectivity index is 0.000000174. The van der Waals surface area contributed by atoms with Crippen molar-refractivity contribution in [2.24, 2.45) is 107 Å². The second kappa shape index (κ2) is 86.3. The maximum atomic E-state index is 4.31. The highest BCUT2D eigenvalue weighted by Crippen LogP contribution is 2.67. The van der Waals surface area contributed by atoms with Crippen LogP contribution in [0.25, 0.3) is 0 Å². The first kappa shape index (κ1) is 135. The van der Waals surface area contributed by atoms with Crippen LogP contribution in [0.3, 0.4) is 0 Å². The molecule has 0 spiro atoms. The van der Waals surface area contributed by atoms with E-state index < -0.39 is 0 Å². The van der Waals surface area contributed by atoms with Gasteiger partial charge in [0.15, 0.2) is 0 Å². The molecule has 30 unspecified atom stereocenters. The van der Waals surface area contributed by atoms with Gasteiger partial charge in [-0.1, -0.05) is 0 Å². The topological polar surface area (TPSA) is 0 Å². The predicted octanol–water partition coefficient (Wildman–Crippen LogP) is 33.9. The van der Waals surface area contributed by atoms with Crippen LogP contribution >= 0.6 is 434 Å². The first-order chi connectivity index (χ1) is 69.5. The van der Waals surface area contributed by atoms with Gasteiger partial charge >= 0.3 is 0 Å². The van der Waals surface area contributed by atoms with Crippen molar-refractivity contribution in [1.29, 1.82) is 0 Å². The Labute approximate surface area is 1040 Å². The molecule has 141 heavy (non-hydrogen) atoms. The molecule has 15 aliphatic rings. The lowest BCUT2D eigenvalue weighted by Gasteiger charge is -2.34. The highest BCUT2D eigenvalue weighted by molar-refractivity contribution is 8.09. The Hall–Kier alpha value is 12.6. The molecule has 0 aliphatic heterocycles. The zero-order chi connectivity index (χ0) is 99.3. The maximum Gasteiger partial charge on any atom is 0.00816 e. The summed E-state index contributed by atoms with van der Waals surface area (Å²) in [6.07, 6.45) is 41.1. The SMILES string of the molecule is SCCSCCSC1CC2C3CC(SCCSCCS)C(C3)C2C1.SCCSCCSC1CC2CC1C1C(SCCSCCS)CCC21.SCCSCCSC1CC2CC1C1CCC(SCCSCCS)C21.SCCSCCSC1CCC2C(CCC2SCCSCCS)C1.SCCSCCSC1CCC2CC(SCCSCCS)CC2C1.SCCSCCSC1CCC2CCC(SCCSCCS)C2C1. The van der Waals surface area contributed by atoms with E-state index in [1.54, 1.807) is 64.2 Å². The largest absolute Gasteiger partial charge is 0.179 e. The van der Waals surface area contributed by atoms with Gasteiger partial charge in [-0.05, 0) is 349 Å². The molecule has 6 bridgehead atoms. The summed E-state index contributed by atoms with van der Waals surface area (Å²) in [6, 6.07) is 0. The van der Waals surface area contributed by atoms with Crippen LogP contribution in [0.1, 0.15) is 173 Å². The Bertz CT molecular complexity index is 2920. The minimum absolute atomic E-state index is 0.951. The first-order valence-electron chi connectivity index (χ1n) is 55.2. The van der Waals surface area contributed by atoms with Gasteiger partial charge in [0.05, 0.1) is 0 Å². The number of rotatable bonds is 72. The van der Waals surface area contributed by atoms with Gasteiger partial charge < -0.3 is 0 Å². The smallest absolute Gasteiger partial charge is 0.00816 e. The fourth-order valence-electron chi connectivity index (χ4n) is 27.2. The number of hydrogen-bond donors (Lipinski definition) is 12. The number of fused-ring (bicyclic) bond motifs is 18. The molecular formula is C105H192S36. The van der Waals surface area contributed by atoms with Crippen molar-refractivity contribution in [3.05, 3.63) is 0 Å². The molecule has 15 aliphatic carbocycles. The lowest BCUT2D eigenvalue weighted by Crippen LogP contribution is -2.31. The quantitative estimate of drug-likeness (QED) is 0.0206. The van der Waals surface area contributed by atoms with Gasteiger partial charge in [0.1, 0.15) is 0 Å². The molecule has 0 saturated heterocycles.